The Kier molecular flexibility index (Phi) is 6.73. The molecule has 1 heterocycles. The standard InChI is InChI=1S/C21H23N3O5S2/c1-4-29-19(25)9-10-24-17-8-7-16(31(22,27)28)12-18(17)30-21(24)23-20(26)15-6-5-13(2)14(3)11-15/h5-8,11-12H,4,9-10H2,1-3H3,(H2,22,27,28). The van der Waals surface area contributed by atoms with E-state index in [-0.39, 0.29) is 30.4 Å². The molecule has 10 heteroatoms. The van der Waals surface area contributed by atoms with E-state index in [2.05, 4.69) is 4.99 Å². The van der Waals surface area contributed by atoms with Gasteiger partial charge in [0.05, 0.1) is 28.1 Å². The maximum absolute atomic E-state index is 12.8. The number of carbonyl (C=O) groups excluding carboxylic acids is 2. The number of aromatic nitrogens is 1. The first-order valence-electron chi connectivity index (χ1n) is 9.58. The van der Waals surface area contributed by atoms with Crippen LogP contribution in [0.2, 0.25) is 0 Å². The number of rotatable bonds is 6. The van der Waals surface area contributed by atoms with E-state index in [1.165, 1.54) is 12.1 Å². The van der Waals surface area contributed by atoms with Crippen molar-refractivity contribution in [2.24, 2.45) is 10.1 Å². The van der Waals surface area contributed by atoms with Crippen LogP contribution in [-0.2, 0) is 26.1 Å². The van der Waals surface area contributed by atoms with E-state index in [9.17, 15) is 18.0 Å². The van der Waals surface area contributed by atoms with E-state index in [1.54, 1.807) is 29.7 Å². The van der Waals surface area contributed by atoms with E-state index in [0.717, 1.165) is 22.5 Å². The molecule has 1 amide bonds. The number of benzene rings is 2. The molecule has 164 valence electrons. The fraction of sp³-hybridized carbons (Fsp3) is 0.286. The molecule has 0 aliphatic heterocycles. The number of carbonyl (C=O) groups is 2. The average Bonchev–Trinajstić information content (AvgIpc) is 3.04. The van der Waals surface area contributed by atoms with Gasteiger partial charge in [-0.2, -0.15) is 4.99 Å². The van der Waals surface area contributed by atoms with Crippen LogP contribution in [0.5, 0.6) is 0 Å². The van der Waals surface area contributed by atoms with Crippen molar-refractivity contribution >= 4 is 43.5 Å². The largest absolute Gasteiger partial charge is 0.466 e. The molecule has 0 spiro atoms. The summed E-state index contributed by atoms with van der Waals surface area (Å²) < 4.78 is 30.7. The summed E-state index contributed by atoms with van der Waals surface area (Å²) >= 11 is 1.15. The van der Waals surface area contributed by atoms with Crippen LogP contribution < -0.4 is 9.94 Å². The molecule has 0 saturated carbocycles. The monoisotopic (exact) mass is 461 g/mol. The highest BCUT2D eigenvalue weighted by atomic mass is 32.2. The highest BCUT2D eigenvalue weighted by Crippen LogP contribution is 2.22. The number of primary sulfonamides is 1. The fourth-order valence-electron chi connectivity index (χ4n) is 2.99. The molecule has 31 heavy (non-hydrogen) atoms. The van der Waals surface area contributed by atoms with Gasteiger partial charge in [-0.3, -0.25) is 9.59 Å². The van der Waals surface area contributed by atoms with Gasteiger partial charge in [-0.15, -0.1) is 0 Å². The molecule has 0 saturated heterocycles. The Morgan fingerprint density at radius 1 is 1.13 bits per heavy atom. The van der Waals surface area contributed by atoms with Gasteiger partial charge in [0.25, 0.3) is 5.91 Å². The third-order valence-corrected chi connectivity index (χ3v) is 6.73. The van der Waals surface area contributed by atoms with Gasteiger partial charge in [0.1, 0.15) is 0 Å². The number of aryl methyl sites for hydroxylation is 3. The lowest BCUT2D eigenvalue weighted by atomic mass is 10.1. The van der Waals surface area contributed by atoms with Gasteiger partial charge in [0.2, 0.25) is 10.0 Å². The average molecular weight is 462 g/mol. The topological polar surface area (TPSA) is 121 Å². The number of hydrogen-bond donors (Lipinski definition) is 1. The summed E-state index contributed by atoms with van der Waals surface area (Å²) in [6.07, 6.45) is 0.0849. The SMILES string of the molecule is CCOC(=O)CCn1c(=NC(=O)c2ccc(C)c(C)c2)sc2cc(S(N)(=O)=O)ccc21. The van der Waals surface area contributed by atoms with Crippen LogP contribution in [0, 0.1) is 13.8 Å². The molecular weight excluding hydrogens is 438 g/mol. The zero-order valence-electron chi connectivity index (χ0n) is 17.4. The molecule has 2 aromatic carbocycles. The Hall–Kier alpha value is -2.82. The Labute approximate surface area is 184 Å². The first-order chi connectivity index (χ1) is 14.6. The second-order valence-corrected chi connectivity index (χ2v) is 9.55. The number of nitrogens with zero attached hydrogens (tertiary/aromatic N) is 2. The molecular formula is C21H23N3O5S2. The molecule has 1 aromatic heterocycles. The van der Waals surface area contributed by atoms with Crippen molar-refractivity contribution in [2.45, 2.75) is 38.6 Å². The van der Waals surface area contributed by atoms with Crippen LogP contribution >= 0.6 is 11.3 Å². The number of thiazole rings is 1. The van der Waals surface area contributed by atoms with Crippen molar-refractivity contribution < 1.29 is 22.7 Å². The highest BCUT2D eigenvalue weighted by molar-refractivity contribution is 7.89. The van der Waals surface area contributed by atoms with Crippen LogP contribution in [0.25, 0.3) is 10.2 Å². The number of esters is 1. The fourth-order valence-corrected chi connectivity index (χ4v) is 4.70. The number of ether oxygens (including phenoxy) is 1. The number of hydrogen-bond acceptors (Lipinski definition) is 6. The summed E-state index contributed by atoms with van der Waals surface area (Å²) in [7, 11) is -3.88. The Morgan fingerprint density at radius 3 is 2.52 bits per heavy atom. The molecule has 3 rings (SSSR count). The number of fused-ring (bicyclic) bond motifs is 1. The summed E-state index contributed by atoms with van der Waals surface area (Å²) in [5.41, 5.74) is 3.14. The maximum Gasteiger partial charge on any atom is 0.307 e. The molecule has 0 unspecified atom stereocenters. The lowest BCUT2D eigenvalue weighted by Crippen LogP contribution is -2.19. The smallest absolute Gasteiger partial charge is 0.307 e. The predicted molar refractivity (Wildman–Crippen MR) is 118 cm³/mol. The van der Waals surface area contributed by atoms with Gasteiger partial charge in [0.15, 0.2) is 4.80 Å². The minimum absolute atomic E-state index is 0.0363. The van der Waals surface area contributed by atoms with Gasteiger partial charge in [-0.25, -0.2) is 13.6 Å². The van der Waals surface area contributed by atoms with Gasteiger partial charge < -0.3 is 9.30 Å². The van der Waals surface area contributed by atoms with Crippen molar-refractivity contribution in [2.75, 3.05) is 6.61 Å². The first kappa shape index (κ1) is 22.9. The molecule has 0 bridgehead atoms. The van der Waals surface area contributed by atoms with Crippen molar-refractivity contribution in [1.82, 2.24) is 4.57 Å². The van der Waals surface area contributed by atoms with Crippen LogP contribution in [0.1, 0.15) is 34.8 Å². The lowest BCUT2D eigenvalue weighted by Gasteiger charge is -2.06. The third kappa shape index (κ3) is 5.27. The second kappa shape index (κ2) is 9.13. The Balaban J connectivity index is 2.11. The van der Waals surface area contributed by atoms with Gasteiger partial charge >= 0.3 is 5.97 Å². The summed E-state index contributed by atoms with van der Waals surface area (Å²) in [6.45, 7) is 6.10. The van der Waals surface area contributed by atoms with E-state index >= 15 is 0 Å². The zero-order valence-corrected chi connectivity index (χ0v) is 19.0. The predicted octanol–water partition coefficient (Wildman–Crippen LogP) is 2.66. The van der Waals surface area contributed by atoms with E-state index in [0.29, 0.717) is 20.6 Å². The summed E-state index contributed by atoms with van der Waals surface area (Å²) in [4.78, 5) is 29.2. The van der Waals surface area contributed by atoms with Crippen LogP contribution in [0.4, 0.5) is 0 Å². The highest BCUT2D eigenvalue weighted by Gasteiger charge is 2.15. The van der Waals surface area contributed by atoms with E-state index in [1.807, 2.05) is 19.9 Å². The van der Waals surface area contributed by atoms with E-state index in [4.69, 9.17) is 9.88 Å². The van der Waals surface area contributed by atoms with Crippen molar-refractivity contribution in [3.8, 4) is 0 Å². The molecule has 0 aliphatic rings. The minimum atomic E-state index is -3.88. The van der Waals surface area contributed by atoms with Crippen LogP contribution in [0.15, 0.2) is 46.3 Å². The Morgan fingerprint density at radius 2 is 1.87 bits per heavy atom. The van der Waals surface area contributed by atoms with Crippen LogP contribution in [-0.4, -0.2) is 31.5 Å². The van der Waals surface area contributed by atoms with Crippen molar-refractivity contribution in [3.05, 3.63) is 57.9 Å². The van der Waals surface area contributed by atoms with Crippen LogP contribution in [0.3, 0.4) is 0 Å². The maximum atomic E-state index is 12.8. The van der Waals surface area contributed by atoms with Gasteiger partial charge in [0, 0.05) is 12.1 Å². The quantitative estimate of drug-likeness (QED) is 0.566. The molecule has 0 aliphatic carbocycles. The minimum Gasteiger partial charge on any atom is -0.466 e. The van der Waals surface area contributed by atoms with Crippen molar-refractivity contribution in [1.29, 1.82) is 0 Å². The van der Waals surface area contributed by atoms with E-state index < -0.39 is 15.9 Å². The number of amides is 1. The lowest BCUT2D eigenvalue weighted by molar-refractivity contribution is -0.143. The first-order valence-corrected chi connectivity index (χ1v) is 11.9. The second-order valence-electron chi connectivity index (χ2n) is 6.98. The third-order valence-electron chi connectivity index (χ3n) is 4.78. The number of nitrogens with two attached hydrogens (primary N) is 1. The van der Waals surface area contributed by atoms with Gasteiger partial charge in [-0.05, 0) is 62.2 Å². The molecule has 0 fully saturated rings. The molecule has 0 radical (unpaired) electrons. The summed E-state index contributed by atoms with van der Waals surface area (Å²) in [5.74, 6) is -0.798. The van der Waals surface area contributed by atoms with Crippen molar-refractivity contribution in [3.63, 3.8) is 0 Å². The summed E-state index contributed by atoms with van der Waals surface area (Å²) in [6, 6.07) is 9.77. The number of sulfonamides is 1. The zero-order chi connectivity index (χ0) is 22.8. The Bertz CT molecular complexity index is 1340. The van der Waals surface area contributed by atoms with Gasteiger partial charge in [-0.1, -0.05) is 17.4 Å². The molecule has 3 aromatic rings. The normalized spacial score (nSPS) is 12.3. The molecule has 0 atom stereocenters. The summed E-state index contributed by atoms with van der Waals surface area (Å²) in [5, 5.41) is 5.24. The molecule has 2 N–H and O–H groups in total. The molecule has 8 nitrogen and oxygen atoms in total.